The fraction of sp³-hybridized carbons (Fsp3) is 0.0909. The van der Waals surface area contributed by atoms with Crippen LogP contribution in [0.2, 0.25) is 0 Å². The summed E-state index contributed by atoms with van der Waals surface area (Å²) in [6.07, 6.45) is 18.6. The first-order valence-corrected chi connectivity index (χ1v) is 8.31. The smallest absolute Gasteiger partial charge is 0.197 e. The lowest BCUT2D eigenvalue weighted by Gasteiger charge is -2.38. The molecule has 0 saturated heterocycles. The Morgan fingerprint density at radius 2 is 1.23 bits per heavy atom. The summed E-state index contributed by atoms with van der Waals surface area (Å²) in [5.41, 5.74) is 3.11. The molecule has 0 N–H and O–H groups in total. The molecule has 0 amide bonds. The molecule has 1 unspecified atom stereocenters. The molecular weight excluding hydrogens is 340 g/mol. The third-order valence-electron chi connectivity index (χ3n) is 5.32. The number of allylic oxidation sites excluding steroid dienone is 12. The average molecular weight is 352 g/mol. The molecule has 2 atom stereocenters. The number of hydrogen-bond donors (Lipinski definition) is 0. The molecule has 2 radical (unpaired) electrons. The summed E-state index contributed by atoms with van der Waals surface area (Å²) in [6.45, 7) is 0. The largest absolute Gasteiger partial charge is 0.203 e. The van der Waals surface area contributed by atoms with E-state index < -0.39 is 35.1 Å². The van der Waals surface area contributed by atoms with Crippen molar-refractivity contribution in [2.24, 2.45) is 0 Å². The number of hydrogen-bond acceptors (Lipinski definition) is 0. The van der Waals surface area contributed by atoms with E-state index in [1.807, 2.05) is 61.4 Å². The maximum Gasteiger partial charge on any atom is 0.197 e. The van der Waals surface area contributed by atoms with Crippen LogP contribution >= 0.6 is 0 Å². The topological polar surface area (TPSA) is 0 Å². The van der Waals surface area contributed by atoms with E-state index in [4.69, 9.17) is 0 Å². The zero-order chi connectivity index (χ0) is 18.0. The third-order valence-corrected chi connectivity index (χ3v) is 5.32. The second-order valence-corrected chi connectivity index (χ2v) is 6.63. The molecule has 0 fully saturated rings. The lowest BCUT2D eigenvalue weighted by Crippen LogP contribution is -2.26. The lowest BCUT2D eigenvalue weighted by molar-refractivity contribution is 0.394. The Balaban J connectivity index is 1.76. The Kier molecular flexibility index (Phi) is 3.27. The van der Waals surface area contributed by atoms with Crippen LogP contribution < -0.4 is 0 Å². The molecule has 1 aromatic rings. The van der Waals surface area contributed by atoms with Gasteiger partial charge >= 0.3 is 0 Å². The first kappa shape index (κ1) is 15.6. The van der Waals surface area contributed by atoms with Crippen LogP contribution in [0.15, 0.2) is 70.9 Å². The lowest BCUT2D eigenvalue weighted by atomic mass is 9.65. The molecule has 26 heavy (non-hydrogen) atoms. The second-order valence-electron chi connectivity index (χ2n) is 6.63. The predicted molar refractivity (Wildman–Crippen MR) is 91.0 cm³/mol. The van der Waals surface area contributed by atoms with Crippen molar-refractivity contribution < 1.29 is 17.6 Å². The Hall–Kier alpha value is -2.62. The highest BCUT2D eigenvalue weighted by molar-refractivity contribution is 5.69. The van der Waals surface area contributed by atoms with Gasteiger partial charge in [-0.3, -0.25) is 0 Å². The maximum atomic E-state index is 14.6. The van der Waals surface area contributed by atoms with E-state index in [0.717, 1.165) is 22.3 Å². The molecule has 0 saturated carbocycles. The quantitative estimate of drug-likeness (QED) is 0.364. The van der Waals surface area contributed by atoms with Gasteiger partial charge in [0.1, 0.15) is 0 Å². The molecule has 0 heterocycles. The first-order valence-electron chi connectivity index (χ1n) is 8.31. The van der Waals surface area contributed by atoms with Crippen LogP contribution in [-0.4, -0.2) is 0 Å². The van der Waals surface area contributed by atoms with E-state index in [1.54, 1.807) is 0 Å². The van der Waals surface area contributed by atoms with Crippen molar-refractivity contribution in [1.29, 1.82) is 0 Å². The summed E-state index contributed by atoms with van der Waals surface area (Å²) in [5, 5.41) is 0. The van der Waals surface area contributed by atoms with Crippen molar-refractivity contribution in [3.8, 4) is 0 Å². The summed E-state index contributed by atoms with van der Waals surface area (Å²) in [7, 11) is 0. The highest BCUT2D eigenvalue weighted by Gasteiger charge is 2.43. The van der Waals surface area contributed by atoms with Gasteiger partial charge in [0.05, 0.1) is 0 Å². The third kappa shape index (κ3) is 1.96. The average Bonchev–Trinajstić information content (AvgIpc) is 3.37. The van der Waals surface area contributed by atoms with Crippen molar-refractivity contribution in [2.75, 3.05) is 0 Å². The van der Waals surface area contributed by atoms with Gasteiger partial charge in [-0.1, -0.05) is 48.6 Å². The van der Waals surface area contributed by atoms with Crippen LogP contribution in [0.5, 0.6) is 0 Å². The molecule has 5 aliphatic rings. The number of rotatable bonds is 2. The SMILES string of the molecule is Fc1c(F)c(F)c2c(c1F)C1C=C(C3=CC=C[CH]3)[C@H]2C=C1C1=C[CH]C=C1. The minimum absolute atomic E-state index is 0.0968. The van der Waals surface area contributed by atoms with Gasteiger partial charge in [0.25, 0.3) is 0 Å². The van der Waals surface area contributed by atoms with Crippen LogP contribution in [0.1, 0.15) is 23.0 Å². The summed E-state index contributed by atoms with van der Waals surface area (Å²) in [5.74, 6) is -7.43. The molecule has 4 heteroatoms. The summed E-state index contributed by atoms with van der Waals surface area (Å²) in [6, 6.07) is 0. The van der Waals surface area contributed by atoms with Crippen LogP contribution in [0, 0.1) is 36.1 Å². The highest BCUT2D eigenvalue weighted by atomic mass is 19.2. The van der Waals surface area contributed by atoms with Gasteiger partial charge in [-0.25, -0.2) is 17.6 Å². The maximum absolute atomic E-state index is 14.6. The van der Waals surface area contributed by atoms with E-state index in [-0.39, 0.29) is 11.1 Å². The minimum Gasteiger partial charge on any atom is -0.203 e. The zero-order valence-corrected chi connectivity index (χ0v) is 13.4. The summed E-state index contributed by atoms with van der Waals surface area (Å²) in [4.78, 5) is 0. The highest BCUT2D eigenvalue weighted by Crippen LogP contribution is 2.54. The predicted octanol–water partition coefficient (Wildman–Crippen LogP) is 5.69. The standard InChI is InChI=1S/C22H12F4/c23-19-17-15-10-14(12-7-3-4-8-12)16(9-13(15)11-5-1-2-6-11)18(17)20(24)22(26)21(19)25/h1-10,15-16H/t15-,16?/m1/s1. The minimum atomic E-state index is -1.75. The Morgan fingerprint density at radius 3 is 1.73 bits per heavy atom. The molecule has 5 aliphatic carbocycles. The normalized spacial score (nSPS) is 25.2. The van der Waals surface area contributed by atoms with Gasteiger partial charge in [0.15, 0.2) is 23.3 Å². The molecule has 0 nitrogen and oxygen atoms in total. The molecule has 2 bridgehead atoms. The van der Waals surface area contributed by atoms with Crippen molar-refractivity contribution in [2.45, 2.75) is 11.8 Å². The van der Waals surface area contributed by atoms with E-state index in [0.29, 0.717) is 0 Å². The number of benzene rings is 1. The van der Waals surface area contributed by atoms with Gasteiger partial charge in [0.2, 0.25) is 0 Å². The van der Waals surface area contributed by atoms with Crippen LogP contribution in [0.4, 0.5) is 17.6 Å². The van der Waals surface area contributed by atoms with Gasteiger partial charge in [-0.05, 0) is 22.3 Å². The monoisotopic (exact) mass is 352 g/mol. The van der Waals surface area contributed by atoms with Gasteiger partial charge in [-0.15, -0.1) is 0 Å². The van der Waals surface area contributed by atoms with E-state index in [9.17, 15) is 17.6 Å². The van der Waals surface area contributed by atoms with E-state index in [2.05, 4.69) is 0 Å². The molecule has 0 spiro atoms. The molecule has 6 rings (SSSR count). The first-order chi connectivity index (χ1) is 12.6. The van der Waals surface area contributed by atoms with Crippen molar-refractivity contribution >= 4 is 0 Å². The summed E-state index contributed by atoms with van der Waals surface area (Å²) >= 11 is 0. The fourth-order valence-corrected chi connectivity index (χ4v) is 4.18. The molecule has 128 valence electrons. The van der Waals surface area contributed by atoms with E-state index >= 15 is 0 Å². The van der Waals surface area contributed by atoms with Crippen LogP contribution in [0.3, 0.4) is 0 Å². The molecule has 0 aromatic heterocycles. The van der Waals surface area contributed by atoms with Crippen LogP contribution in [0.25, 0.3) is 0 Å². The van der Waals surface area contributed by atoms with E-state index in [1.165, 1.54) is 0 Å². The Labute approximate surface area is 148 Å². The fourth-order valence-electron chi connectivity index (χ4n) is 4.18. The van der Waals surface area contributed by atoms with Crippen molar-refractivity contribution in [3.05, 3.63) is 118 Å². The van der Waals surface area contributed by atoms with Crippen molar-refractivity contribution in [1.82, 2.24) is 0 Å². The van der Waals surface area contributed by atoms with Crippen molar-refractivity contribution in [3.63, 3.8) is 0 Å². The van der Waals surface area contributed by atoms with Crippen LogP contribution in [-0.2, 0) is 0 Å². The van der Waals surface area contributed by atoms with Gasteiger partial charge in [-0.2, -0.15) is 0 Å². The molecule has 1 aromatic carbocycles. The Morgan fingerprint density at radius 1 is 0.615 bits per heavy atom. The Bertz CT molecular complexity index is 1030. The van der Waals surface area contributed by atoms with Gasteiger partial charge < -0.3 is 0 Å². The second kappa shape index (κ2) is 5.44. The summed E-state index contributed by atoms with van der Waals surface area (Å²) < 4.78 is 57.1. The number of halogens is 4. The van der Waals surface area contributed by atoms with Gasteiger partial charge in [0, 0.05) is 35.8 Å². The molecular formula is C22H12F4. The molecule has 0 aliphatic heterocycles. The zero-order valence-electron chi connectivity index (χ0n) is 13.4.